The summed E-state index contributed by atoms with van der Waals surface area (Å²) in [7, 11) is 0. The minimum atomic E-state index is 0.188. The van der Waals surface area contributed by atoms with Crippen molar-refractivity contribution in [2.45, 2.75) is 19.3 Å². The van der Waals surface area contributed by atoms with Crippen molar-refractivity contribution in [2.24, 2.45) is 5.92 Å². The predicted octanol–water partition coefficient (Wildman–Crippen LogP) is 0.977. The van der Waals surface area contributed by atoms with E-state index >= 15 is 0 Å². The molecule has 3 heterocycles. The lowest BCUT2D eigenvalue weighted by Crippen LogP contribution is -2.31. The third kappa shape index (κ3) is 2.10. The molecule has 5 heteroatoms. The van der Waals surface area contributed by atoms with Gasteiger partial charge in [0.25, 0.3) is 0 Å². The molecule has 2 aromatic heterocycles. The average molecular weight is 232 g/mol. The van der Waals surface area contributed by atoms with E-state index in [-0.39, 0.29) is 5.75 Å². The van der Waals surface area contributed by atoms with Crippen molar-refractivity contribution in [2.75, 3.05) is 13.1 Å². The summed E-state index contributed by atoms with van der Waals surface area (Å²) < 4.78 is 1.64. The fourth-order valence-electron chi connectivity index (χ4n) is 2.38. The molecule has 0 spiro atoms. The summed E-state index contributed by atoms with van der Waals surface area (Å²) in [5.41, 5.74) is 0.547. The van der Waals surface area contributed by atoms with Crippen LogP contribution in [0.4, 0.5) is 0 Å². The van der Waals surface area contributed by atoms with Crippen LogP contribution in [-0.2, 0) is 6.42 Å². The van der Waals surface area contributed by atoms with Crippen LogP contribution in [0.3, 0.4) is 0 Å². The minimum Gasteiger partial charge on any atom is -0.504 e. The van der Waals surface area contributed by atoms with E-state index in [9.17, 15) is 5.11 Å². The first kappa shape index (κ1) is 10.5. The van der Waals surface area contributed by atoms with Gasteiger partial charge in [-0.3, -0.25) is 0 Å². The van der Waals surface area contributed by atoms with Gasteiger partial charge in [0, 0.05) is 12.6 Å². The van der Waals surface area contributed by atoms with E-state index in [0.29, 0.717) is 11.6 Å². The summed E-state index contributed by atoms with van der Waals surface area (Å²) in [6, 6.07) is 3.40. The molecule has 90 valence electrons. The molecule has 0 radical (unpaired) electrons. The SMILES string of the molecule is Oc1cccn2nc(CC3CCCNC3)nc12. The highest BCUT2D eigenvalue weighted by Crippen LogP contribution is 2.18. The van der Waals surface area contributed by atoms with Crippen molar-refractivity contribution in [1.29, 1.82) is 0 Å². The summed E-state index contributed by atoms with van der Waals surface area (Å²) >= 11 is 0. The Morgan fingerprint density at radius 3 is 3.24 bits per heavy atom. The number of aromatic nitrogens is 3. The maximum atomic E-state index is 9.65. The van der Waals surface area contributed by atoms with E-state index in [4.69, 9.17) is 0 Å². The fourth-order valence-corrected chi connectivity index (χ4v) is 2.38. The molecule has 2 aromatic rings. The zero-order chi connectivity index (χ0) is 11.7. The molecule has 1 aliphatic rings. The second kappa shape index (κ2) is 4.33. The van der Waals surface area contributed by atoms with Gasteiger partial charge in [0.05, 0.1) is 0 Å². The van der Waals surface area contributed by atoms with E-state index in [0.717, 1.165) is 25.3 Å². The fraction of sp³-hybridized carbons (Fsp3) is 0.500. The molecule has 1 saturated heterocycles. The smallest absolute Gasteiger partial charge is 0.197 e. The molecule has 3 rings (SSSR count). The summed E-state index contributed by atoms with van der Waals surface area (Å²) in [5, 5.41) is 17.4. The summed E-state index contributed by atoms with van der Waals surface area (Å²) in [5.74, 6) is 1.62. The quantitative estimate of drug-likeness (QED) is 0.810. The van der Waals surface area contributed by atoms with Crippen molar-refractivity contribution in [3.63, 3.8) is 0 Å². The Labute approximate surface area is 99.5 Å². The second-order valence-corrected chi connectivity index (χ2v) is 4.61. The standard InChI is InChI=1S/C12H16N4O/c17-10-4-2-6-16-12(10)14-11(15-16)7-9-3-1-5-13-8-9/h2,4,6,9,13,17H,1,3,5,7-8H2. The highest BCUT2D eigenvalue weighted by molar-refractivity contribution is 5.51. The predicted molar refractivity (Wildman–Crippen MR) is 63.9 cm³/mol. The largest absolute Gasteiger partial charge is 0.504 e. The van der Waals surface area contributed by atoms with Crippen molar-refractivity contribution >= 4 is 5.65 Å². The molecule has 1 aliphatic heterocycles. The molecule has 2 N–H and O–H groups in total. The molecule has 0 aliphatic carbocycles. The van der Waals surface area contributed by atoms with Gasteiger partial charge in [-0.2, -0.15) is 5.10 Å². The zero-order valence-corrected chi connectivity index (χ0v) is 9.63. The second-order valence-electron chi connectivity index (χ2n) is 4.61. The monoisotopic (exact) mass is 232 g/mol. The molecule has 0 amide bonds. The van der Waals surface area contributed by atoms with E-state index < -0.39 is 0 Å². The van der Waals surface area contributed by atoms with E-state index in [1.807, 2.05) is 6.20 Å². The molecule has 1 fully saturated rings. The Morgan fingerprint density at radius 1 is 1.53 bits per heavy atom. The lowest BCUT2D eigenvalue weighted by atomic mass is 9.96. The van der Waals surface area contributed by atoms with Crippen molar-refractivity contribution < 1.29 is 5.11 Å². The lowest BCUT2D eigenvalue weighted by molar-refractivity contribution is 0.371. The van der Waals surface area contributed by atoms with Crippen LogP contribution in [0.1, 0.15) is 18.7 Å². The van der Waals surface area contributed by atoms with E-state index in [2.05, 4.69) is 15.4 Å². The zero-order valence-electron chi connectivity index (χ0n) is 9.63. The maximum absolute atomic E-state index is 9.65. The van der Waals surface area contributed by atoms with Crippen LogP contribution in [0.25, 0.3) is 5.65 Å². The van der Waals surface area contributed by atoms with E-state index in [1.165, 1.54) is 12.8 Å². The number of hydrogen-bond acceptors (Lipinski definition) is 4. The van der Waals surface area contributed by atoms with Gasteiger partial charge in [0.2, 0.25) is 0 Å². The van der Waals surface area contributed by atoms with Gasteiger partial charge in [-0.25, -0.2) is 9.50 Å². The lowest BCUT2D eigenvalue weighted by Gasteiger charge is -2.21. The average Bonchev–Trinajstić information content (AvgIpc) is 2.74. The first-order valence-corrected chi connectivity index (χ1v) is 6.07. The Morgan fingerprint density at radius 2 is 2.47 bits per heavy atom. The van der Waals surface area contributed by atoms with Crippen LogP contribution in [0.5, 0.6) is 5.75 Å². The van der Waals surface area contributed by atoms with Gasteiger partial charge in [0.15, 0.2) is 17.2 Å². The Kier molecular flexibility index (Phi) is 2.68. The number of fused-ring (bicyclic) bond motifs is 1. The summed E-state index contributed by atoms with van der Waals surface area (Å²) in [4.78, 5) is 4.38. The molecule has 1 unspecified atom stereocenters. The summed E-state index contributed by atoms with van der Waals surface area (Å²) in [6.07, 6.45) is 5.15. The topological polar surface area (TPSA) is 62.5 Å². The number of nitrogens with one attached hydrogen (secondary N) is 1. The first-order valence-electron chi connectivity index (χ1n) is 6.07. The van der Waals surface area contributed by atoms with Crippen LogP contribution in [0.2, 0.25) is 0 Å². The molecule has 0 bridgehead atoms. The number of nitrogens with zero attached hydrogens (tertiary/aromatic N) is 3. The third-order valence-corrected chi connectivity index (χ3v) is 3.26. The van der Waals surface area contributed by atoms with Crippen LogP contribution in [-0.4, -0.2) is 32.8 Å². The van der Waals surface area contributed by atoms with Gasteiger partial charge in [-0.15, -0.1) is 0 Å². The third-order valence-electron chi connectivity index (χ3n) is 3.26. The molecule has 5 nitrogen and oxygen atoms in total. The molecular weight excluding hydrogens is 216 g/mol. The van der Waals surface area contributed by atoms with Gasteiger partial charge in [-0.1, -0.05) is 0 Å². The molecule has 0 aromatic carbocycles. The molecular formula is C12H16N4O. The van der Waals surface area contributed by atoms with Gasteiger partial charge >= 0.3 is 0 Å². The molecule has 17 heavy (non-hydrogen) atoms. The number of rotatable bonds is 2. The highest BCUT2D eigenvalue weighted by Gasteiger charge is 2.16. The molecule has 1 atom stereocenters. The number of pyridine rings is 1. The number of piperidine rings is 1. The van der Waals surface area contributed by atoms with Crippen molar-refractivity contribution in [1.82, 2.24) is 19.9 Å². The highest BCUT2D eigenvalue weighted by atomic mass is 16.3. The molecule has 0 saturated carbocycles. The Bertz CT molecular complexity index is 516. The maximum Gasteiger partial charge on any atom is 0.197 e. The summed E-state index contributed by atoms with van der Waals surface area (Å²) in [6.45, 7) is 2.16. The normalized spacial score (nSPS) is 20.8. The van der Waals surface area contributed by atoms with Gasteiger partial charge < -0.3 is 10.4 Å². The van der Waals surface area contributed by atoms with Crippen LogP contribution < -0.4 is 5.32 Å². The van der Waals surface area contributed by atoms with Crippen LogP contribution >= 0.6 is 0 Å². The van der Waals surface area contributed by atoms with Gasteiger partial charge in [-0.05, 0) is 44.0 Å². The van der Waals surface area contributed by atoms with Crippen molar-refractivity contribution in [3.8, 4) is 5.75 Å². The van der Waals surface area contributed by atoms with Gasteiger partial charge in [0.1, 0.15) is 0 Å². The first-order chi connectivity index (χ1) is 8.33. The number of hydrogen-bond donors (Lipinski definition) is 2. The minimum absolute atomic E-state index is 0.188. The Hall–Kier alpha value is -1.62. The van der Waals surface area contributed by atoms with Crippen LogP contribution in [0, 0.1) is 5.92 Å². The van der Waals surface area contributed by atoms with E-state index in [1.54, 1.807) is 16.6 Å². The van der Waals surface area contributed by atoms with Crippen LogP contribution in [0.15, 0.2) is 18.3 Å². The number of aromatic hydroxyl groups is 1. The van der Waals surface area contributed by atoms with Crippen molar-refractivity contribution in [3.05, 3.63) is 24.2 Å². The Balaban J connectivity index is 1.83.